The number of rotatable bonds is 4. The number of para-hydroxylation sites is 1. The maximum Gasteiger partial charge on any atom is 0.141 e. The van der Waals surface area contributed by atoms with Crippen LogP contribution in [0.3, 0.4) is 0 Å². The lowest BCUT2D eigenvalue weighted by molar-refractivity contribution is 0.548. The van der Waals surface area contributed by atoms with Crippen LogP contribution >= 0.6 is 0 Å². The molecular formula is C14H19N5. The molecule has 1 aromatic carbocycles. The highest BCUT2D eigenvalue weighted by atomic mass is 15.2. The van der Waals surface area contributed by atoms with Gasteiger partial charge in [0, 0.05) is 18.8 Å². The Morgan fingerprint density at radius 2 is 2.37 bits per heavy atom. The van der Waals surface area contributed by atoms with Gasteiger partial charge < -0.3 is 10.6 Å². The first-order valence-electron chi connectivity index (χ1n) is 6.78. The summed E-state index contributed by atoms with van der Waals surface area (Å²) in [5.74, 6) is 0.873. The van der Waals surface area contributed by atoms with Crippen molar-refractivity contribution >= 4 is 5.69 Å². The van der Waals surface area contributed by atoms with E-state index in [1.54, 1.807) is 6.33 Å². The number of hydrogen-bond acceptors (Lipinski definition) is 4. The molecule has 19 heavy (non-hydrogen) atoms. The van der Waals surface area contributed by atoms with E-state index in [0.29, 0.717) is 0 Å². The van der Waals surface area contributed by atoms with Gasteiger partial charge in [-0.15, -0.1) is 0 Å². The van der Waals surface area contributed by atoms with Crippen LogP contribution in [0.1, 0.15) is 36.3 Å². The molecule has 0 bridgehead atoms. The van der Waals surface area contributed by atoms with E-state index >= 15 is 0 Å². The molecule has 3 rings (SSSR count). The van der Waals surface area contributed by atoms with Crippen LogP contribution < -0.4 is 10.6 Å². The molecule has 100 valence electrons. The van der Waals surface area contributed by atoms with E-state index in [4.69, 9.17) is 0 Å². The first kappa shape index (κ1) is 12.2. The molecule has 1 aliphatic heterocycles. The number of aromatic amines is 1. The predicted octanol–water partition coefficient (Wildman–Crippen LogP) is 2.01. The van der Waals surface area contributed by atoms with Crippen molar-refractivity contribution in [1.29, 1.82) is 0 Å². The molecule has 1 atom stereocenters. The fourth-order valence-electron chi connectivity index (χ4n) is 2.51. The van der Waals surface area contributed by atoms with Crippen LogP contribution in [-0.4, -0.2) is 21.7 Å². The number of nitrogens with zero attached hydrogens (tertiary/aromatic N) is 2. The summed E-state index contributed by atoms with van der Waals surface area (Å²) in [6.45, 7) is 3.99. The zero-order valence-corrected chi connectivity index (χ0v) is 11.1. The van der Waals surface area contributed by atoms with Gasteiger partial charge >= 0.3 is 0 Å². The minimum absolute atomic E-state index is 0.168. The number of fused-ring (bicyclic) bond motifs is 1. The Hall–Kier alpha value is -1.88. The lowest BCUT2D eigenvalue weighted by atomic mass is 9.99. The van der Waals surface area contributed by atoms with Crippen molar-refractivity contribution in [1.82, 2.24) is 20.5 Å². The SMILES string of the molecule is CC(NCc1cccc2c1NCCC2)c1ncn[nH]1. The molecular weight excluding hydrogens is 238 g/mol. The van der Waals surface area contributed by atoms with Crippen molar-refractivity contribution in [3.05, 3.63) is 41.5 Å². The summed E-state index contributed by atoms with van der Waals surface area (Å²) in [4.78, 5) is 4.17. The van der Waals surface area contributed by atoms with Gasteiger partial charge in [-0.1, -0.05) is 18.2 Å². The topological polar surface area (TPSA) is 65.6 Å². The highest BCUT2D eigenvalue weighted by Gasteiger charge is 2.13. The minimum atomic E-state index is 0.168. The maximum atomic E-state index is 4.17. The number of hydrogen-bond donors (Lipinski definition) is 3. The van der Waals surface area contributed by atoms with Crippen LogP contribution in [-0.2, 0) is 13.0 Å². The summed E-state index contributed by atoms with van der Waals surface area (Å²) < 4.78 is 0. The van der Waals surface area contributed by atoms with E-state index in [2.05, 4.69) is 50.9 Å². The minimum Gasteiger partial charge on any atom is -0.385 e. The second-order valence-corrected chi connectivity index (χ2v) is 4.95. The van der Waals surface area contributed by atoms with Crippen molar-refractivity contribution < 1.29 is 0 Å². The molecule has 1 unspecified atom stereocenters. The number of anilines is 1. The maximum absolute atomic E-state index is 4.17. The predicted molar refractivity (Wildman–Crippen MR) is 74.9 cm³/mol. The Morgan fingerprint density at radius 1 is 1.42 bits per heavy atom. The van der Waals surface area contributed by atoms with Gasteiger partial charge in [-0.2, -0.15) is 5.10 Å². The molecule has 0 saturated carbocycles. The quantitative estimate of drug-likeness (QED) is 0.784. The van der Waals surface area contributed by atoms with Gasteiger partial charge in [0.05, 0.1) is 6.04 Å². The van der Waals surface area contributed by atoms with Crippen LogP contribution in [0.25, 0.3) is 0 Å². The molecule has 0 fully saturated rings. The summed E-state index contributed by atoms with van der Waals surface area (Å²) >= 11 is 0. The molecule has 2 aromatic rings. The van der Waals surface area contributed by atoms with Gasteiger partial charge in [0.1, 0.15) is 12.2 Å². The van der Waals surface area contributed by atoms with Crippen LogP contribution in [0.5, 0.6) is 0 Å². The Morgan fingerprint density at radius 3 is 3.21 bits per heavy atom. The Labute approximate surface area is 112 Å². The second kappa shape index (κ2) is 5.40. The number of aromatic nitrogens is 3. The molecule has 1 aliphatic rings. The Balaban J connectivity index is 1.70. The lowest BCUT2D eigenvalue weighted by Gasteiger charge is -2.22. The average molecular weight is 257 g/mol. The molecule has 1 aromatic heterocycles. The number of benzene rings is 1. The summed E-state index contributed by atoms with van der Waals surface area (Å²) in [5.41, 5.74) is 4.06. The van der Waals surface area contributed by atoms with Crippen LogP contribution in [0.15, 0.2) is 24.5 Å². The summed E-state index contributed by atoms with van der Waals surface area (Å²) in [7, 11) is 0. The Kier molecular flexibility index (Phi) is 3.46. The molecule has 5 nitrogen and oxygen atoms in total. The van der Waals surface area contributed by atoms with Crippen LogP contribution in [0.2, 0.25) is 0 Å². The molecule has 5 heteroatoms. The molecule has 0 saturated heterocycles. The number of nitrogens with one attached hydrogen (secondary N) is 3. The van der Waals surface area contributed by atoms with Crippen molar-refractivity contribution in [3.63, 3.8) is 0 Å². The number of H-pyrrole nitrogens is 1. The van der Waals surface area contributed by atoms with Gasteiger partial charge in [0.15, 0.2) is 0 Å². The zero-order valence-electron chi connectivity index (χ0n) is 11.1. The van der Waals surface area contributed by atoms with E-state index in [9.17, 15) is 0 Å². The van der Waals surface area contributed by atoms with E-state index < -0.39 is 0 Å². The third-order valence-corrected chi connectivity index (χ3v) is 3.60. The smallest absolute Gasteiger partial charge is 0.141 e. The first-order chi connectivity index (χ1) is 9.34. The second-order valence-electron chi connectivity index (χ2n) is 4.95. The van der Waals surface area contributed by atoms with Crippen molar-refractivity contribution in [3.8, 4) is 0 Å². The Bertz CT molecular complexity index is 535. The number of aryl methyl sites for hydroxylation is 1. The van der Waals surface area contributed by atoms with E-state index in [1.165, 1.54) is 29.7 Å². The molecule has 0 amide bonds. The van der Waals surface area contributed by atoms with Crippen molar-refractivity contribution in [2.75, 3.05) is 11.9 Å². The van der Waals surface area contributed by atoms with E-state index in [-0.39, 0.29) is 6.04 Å². The van der Waals surface area contributed by atoms with Gasteiger partial charge in [0.25, 0.3) is 0 Å². The lowest BCUT2D eigenvalue weighted by Crippen LogP contribution is -2.21. The van der Waals surface area contributed by atoms with Crippen molar-refractivity contribution in [2.24, 2.45) is 0 Å². The third kappa shape index (κ3) is 2.61. The van der Waals surface area contributed by atoms with Crippen LogP contribution in [0, 0.1) is 0 Å². The van der Waals surface area contributed by atoms with Gasteiger partial charge in [-0.05, 0) is 30.9 Å². The van der Waals surface area contributed by atoms with E-state index in [1.807, 2.05) is 0 Å². The first-order valence-corrected chi connectivity index (χ1v) is 6.78. The molecule has 2 heterocycles. The summed E-state index contributed by atoms with van der Waals surface area (Å²) in [5, 5.41) is 13.8. The van der Waals surface area contributed by atoms with Crippen LogP contribution in [0.4, 0.5) is 5.69 Å². The van der Waals surface area contributed by atoms with Gasteiger partial charge in [-0.3, -0.25) is 5.10 Å². The zero-order chi connectivity index (χ0) is 13.1. The fraction of sp³-hybridized carbons (Fsp3) is 0.429. The molecule has 0 radical (unpaired) electrons. The average Bonchev–Trinajstić information content (AvgIpc) is 2.99. The van der Waals surface area contributed by atoms with Gasteiger partial charge in [-0.25, -0.2) is 4.98 Å². The molecule has 3 N–H and O–H groups in total. The standard InChI is InChI=1S/C14H19N5/c1-10(14-17-9-18-19-14)16-8-12-5-2-4-11-6-3-7-15-13(11)12/h2,4-5,9-10,15-16H,3,6-8H2,1H3,(H,17,18,19). The normalized spacial score (nSPS) is 15.6. The molecule has 0 aliphatic carbocycles. The van der Waals surface area contributed by atoms with Gasteiger partial charge in [0.2, 0.25) is 0 Å². The highest BCUT2D eigenvalue weighted by molar-refractivity contribution is 5.59. The molecule has 0 spiro atoms. The van der Waals surface area contributed by atoms with Crippen molar-refractivity contribution in [2.45, 2.75) is 32.4 Å². The largest absolute Gasteiger partial charge is 0.385 e. The summed E-state index contributed by atoms with van der Waals surface area (Å²) in [6.07, 6.45) is 3.94. The fourth-order valence-corrected chi connectivity index (χ4v) is 2.51. The van der Waals surface area contributed by atoms with E-state index in [0.717, 1.165) is 18.9 Å². The summed E-state index contributed by atoms with van der Waals surface area (Å²) in [6, 6.07) is 6.70. The monoisotopic (exact) mass is 257 g/mol. The third-order valence-electron chi connectivity index (χ3n) is 3.60. The highest BCUT2D eigenvalue weighted by Crippen LogP contribution is 2.26.